The van der Waals surface area contributed by atoms with E-state index >= 15 is 0 Å². The zero-order chi connectivity index (χ0) is 16.8. The molecule has 2 nitrogen and oxygen atoms in total. The predicted molar refractivity (Wildman–Crippen MR) is 96.9 cm³/mol. The van der Waals surface area contributed by atoms with E-state index in [1.54, 1.807) is 0 Å². The Morgan fingerprint density at radius 3 is 2.26 bits per heavy atom. The molecule has 0 spiro atoms. The topological polar surface area (TPSA) is 37.3 Å². The summed E-state index contributed by atoms with van der Waals surface area (Å²) in [5.74, 6) is 5.96. The van der Waals surface area contributed by atoms with Gasteiger partial charge in [-0.25, -0.2) is 0 Å². The van der Waals surface area contributed by atoms with Crippen LogP contribution in [0.1, 0.15) is 47.6 Å². The summed E-state index contributed by atoms with van der Waals surface area (Å²) in [7, 11) is 0. The lowest BCUT2D eigenvalue weighted by Crippen LogP contribution is -1.99. The number of alkyl halides is 1. The average Bonchev–Trinajstić information content (AvgIpc) is 2.53. The van der Waals surface area contributed by atoms with E-state index in [4.69, 9.17) is 5.11 Å². The fourth-order valence-electron chi connectivity index (χ4n) is 2.36. The standard InChI is InChI=1S/C20H19BrO2/c1-14(2)19-11-16(9-10-18(19)13-21)6-3-15-4-7-17(8-5-15)12-20(22)23/h4-5,7-11,14H,12-13H2,1-2H3,(H,22,23). The number of carbonyl (C=O) groups is 1. The Balaban J connectivity index is 2.21. The predicted octanol–water partition coefficient (Wildman–Crippen LogP) is 4.73. The van der Waals surface area contributed by atoms with E-state index in [1.165, 1.54) is 11.1 Å². The molecule has 0 aromatic heterocycles. The van der Waals surface area contributed by atoms with Gasteiger partial charge in [0.05, 0.1) is 6.42 Å². The van der Waals surface area contributed by atoms with Gasteiger partial charge in [-0.3, -0.25) is 4.79 Å². The molecule has 0 aliphatic carbocycles. The van der Waals surface area contributed by atoms with E-state index < -0.39 is 5.97 Å². The molecule has 0 heterocycles. The van der Waals surface area contributed by atoms with E-state index in [1.807, 2.05) is 30.3 Å². The van der Waals surface area contributed by atoms with Crippen molar-refractivity contribution < 1.29 is 9.90 Å². The Morgan fingerprint density at radius 1 is 1.09 bits per heavy atom. The van der Waals surface area contributed by atoms with E-state index in [2.05, 4.69) is 53.8 Å². The number of rotatable bonds is 4. The molecule has 2 aromatic carbocycles. The highest BCUT2D eigenvalue weighted by atomic mass is 79.9. The SMILES string of the molecule is CC(C)c1cc(C#Cc2ccc(CC(=O)O)cc2)ccc1CBr. The van der Waals surface area contributed by atoms with Crippen molar-refractivity contribution in [2.45, 2.75) is 31.5 Å². The van der Waals surface area contributed by atoms with Gasteiger partial charge in [-0.2, -0.15) is 0 Å². The van der Waals surface area contributed by atoms with Gasteiger partial charge in [0, 0.05) is 16.5 Å². The van der Waals surface area contributed by atoms with Crippen LogP contribution in [0.15, 0.2) is 42.5 Å². The molecule has 2 aromatic rings. The lowest BCUT2D eigenvalue weighted by molar-refractivity contribution is -0.136. The summed E-state index contributed by atoms with van der Waals surface area (Å²) in [6.45, 7) is 4.36. The molecule has 0 saturated heterocycles. The molecular formula is C20H19BrO2. The molecule has 3 heteroatoms. The molecule has 23 heavy (non-hydrogen) atoms. The van der Waals surface area contributed by atoms with E-state index in [0.29, 0.717) is 5.92 Å². The summed E-state index contributed by atoms with van der Waals surface area (Å²) in [6, 6.07) is 13.6. The van der Waals surface area contributed by atoms with E-state index in [-0.39, 0.29) is 6.42 Å². The molecule has 0 unspecified atom stereocenters. The Bertz CT molecular complexity index is 749. The Kier molecular flexibility index (Phi) is 6.01. The molecule has 118 valence electrons. The second-order valence-corrected chi connectivity index (χ2v) is 6.28. The third-order valence-electron chi connectivity index (χ3n) is 3.57. The van der Waals surface area contributed by atoms with Crippen LogP contribution in [0.2, 0.25) is 0 Å². The van der Waals surface area contributed by atoms with Gasteiger partial charge in [-0.05, 0) is 46.9 Å². The smallest absolute Gasteiger partial charge is 0.307 e. The van der Waals surface area contributed by atoms with Crippen molar-refractivity contribution in [1.29, 1.82) is 0 Å². The second-order valence-electron chi connectivity index (χ2n) is 5.72. The zero-order valence-electron chi connectivity index (χ0n) is 13.3. The number of benzene rings is 2. The first-order chi connectivity index (χ1) is 11.0. The minimum atomic E-state index is -0.822. The molecule has 1 N–H and O–H groups in total. The molecule has 0 fully saturated rings. The first-order valence-corrected chi connectivity index (χ1v) is 8.63. The largest absolute Gasteiger partial charge is 0.481 e. The lowest BCUT2D eigenvalue weighted by Gasteiger charge is -2.11. The quantitative estimate of drug-likeness (QED) is 0.623. The van der Waals surface area contributed by atoms with Crippen molar-refractivity contribution in [3.05, 3.63) is 70.3 Å². The summed E-state index contributed by atoms with van der Waals surface area (Å²) < 4.78 is 0. The molecule has 0 bridgehead atoms. The van der Waals surface area contributed by atoms with Crippen molar-refractivity contribution in [1.82, 2.24) is 0 Å². The average molecular weight is 371 g/mol. The molecule has 2 rings (SSSR count). The summed E-state index contributed by atoms with van der Waals surface area (Å²) in [6.07, 6.45) is 0.0411. The van der Waals surface area contributed by atoms with Crippen LogP contribution in [0.4, 0.5) is 0 Å². The summed E-state index contributed by atoms with van der Waals surface area (Å²) in [5.41, 5.74) is 5.27. The van der Waals surface area contributed by atoms with Gasteiger partial charge in [0.25, 0.3) is 0 Å². The van der Waals surface area contributed by atoms with Crippen LogP contribution in [-0.2, 0) is 16.5 Å². The normalized spacial score (nSPS) is 10.3. The minimum absolute atomic E-state index is 0.0411. The van der Waals surface area contributed by atoms with Gasteiger partial charge in [-0.1, -0.05) is 59.8 Å². The zero-order valence-corrected chi connectivity index (χ0v) is 14.9. The van der Waals surface area contributed by atoms with Crippen LogP contribution in [0.5, 0.6) is 0 Å². The number of aliphatic carboxylic acids is 1. The molecule has 0 aliphatic rings. The summed E-state index contributed by atoms with van der Waals surface area (Å²) in [5, 5.41) is 9.62. The third-order valence-corrected chi connectivity index (χ3v) is 4.18. The highest BCUT2D eigenvalue weighted by molar-refractivity contribution is 9.08. The fourth-order valence-corrected chi connectivity index (χ4v) is 2.87. The van der Waals surface area contributed by atoms with Crippen LogP contribution in [-0.4, -0.2) is 11.1 Å². The molecule has 0 saturated carbocycles. The number of hydrogen-bond donors (Lipinski definition) is 1. The van der Waals surface area contributed by atoms with Crippen LogP contribution >= 0.6 is 15.9 Å². The van der Waals surface area contributed by atoms with Crippen LogP contribution < -0.4 is 0 Å². The van der Waals surface area contributed by atoms with Gasteiger partial charge in [0.2, 0.25) is 0 Å². The van der Waals surface area contributed by atoms with Gasteiger partial charge < -0.3 is 5.11 Å². The van der Waals surface area contributed by atoms with Crippen molar-refractivity contribution >= 4 is 21.9 Å². The molecular weight excluding hydrogens is 352 g/mol. The number of hydrogen-bond acceptors (Lipinski definition) is 1. The maximum atomic E-state index is 10.7. The summed E-state index contributed by atoms with van der Waals surface area (Å²) in [4.78, 5) is 10.7. The number of carboxylic acids is 1. The first-order valence-electron chi connectivity index (χ1n) is 7.51. The maximum Gasteiger partial charge on any atom is 0.307 e. The highest BCUT2D eigenvalue weighted by Gasteiger charge is 2.06. The first kappa shape index (κ1) is 17.3. The van der Waals surface area contributed by atoms with Crippen molar-refractivity contribution in [3.63, 3.8) is 0 Å². The van der Waals surface area contributed by atoms with Gasteiger partial charge in [-0.15, -0.1) is 0 Å². The molecule has 0 atom stereocenters. The van der Waals surface area contributed by atoms with E-state index in [0.717, 1.165) is 22.0 Å². The Morgan fingerprint density at radius 2 is 1.70 bits per heavy atom. The second kappa shape index (κ2) is 7.99. The van der Waals surface area contributed by atoms with Crippen molar-refractivity contribution in [2.24, 2.45) is 0 Å². The van der Waals surface area contributed by atoms with Gasteiger partial charge >= 0.3 is 5.97 Å². The fraction of sp³-hybridized carbons (Fsp3) is 0.250. The minimum Gasteiger partial charge on any atom is -0.481 e. The Labute approximate surface area is 145 Å². The molecule has 0 aliphatic heterocycles. The monoisotopic (exact) mass is 370 g/mol. The van der Waals surface area contributed by atoms with Gasteiger partial charge in [0.1, 0.15) is 0 Å². The van der Waals surface area contributed by atoms with Crippen LogP contribution in [0, 0.1) is 11.8 Å². The van der Waals surface area contributed by atoms with Crippen molar-refractivity contribution in [2.75, 3.05) is 0 Å². The molecule has 0 radical (unpaired) electrons. The lowest BCUT2D eigenvalue weighted by atomic mass is 9.96. The number of halogens is 1. The molecule has 0 amide bonds. The number of carboxylic acid groups (broad SMARTS) is 1. The van der Waals surface area contributed by atoms with Crippen molar-refractivity contribution in [3.8, 4) is 11.8 Å². The maximum absolute atomic E-state index is 10.7. The highest BCUT2D eigenvalue weighted by Crippen LogP contribution is 2.22. The van der Waals surface area contributed by atoms with E-state index in [9.17, 15) is 4.79 Å². The Hall–Kier alpha value is -2.05. The van der Waals surface area contributed by atoms with Crippen LogP contribution in [0.25, 0.3) is 0 Å². The van der Waals surface area contributed by atoms with Gasteiger partial charge in [0.15, 0.2) is 0 Å². The summed E-state index contributed by atoms with van der Waals surface area (Å²) >= 11 is 3.52. The third kappa shape index (κ3) is 4.97. The van der Waals surface area contributed by atoms with Crippen LogP contribution in [0.3, 0.4) is 0 Å².